The van der Waals surface area contributed by atoms with Gasteiger partial charge in [0.2, 0.25) is 11.8 Å². The maximum Gasteiger partial charge on any atom is 0.243 e. The van der Waals surface area contributed by atoms with Crippen molar-refractivity contribution in [2.45, 2.75) is 45.3 Å². The van der Waals surface area contributed by atoms with Crippen LogP contribution < -0.4 is 0 Å². The van der Waals surface area contributed by atoms with Gasteiger partial charge in [-0.2, -0.15) is 4.98 Å². The van der Waals surface area contributed by atoms with E-state index in [0.717, 1.165) is 19.6 Å². The Labute approximate surface area is 137 Å². The van der Waals surface area contributed by atoms with Gasteiger partial charge in [0.15, 0.2) is 5.82 Å². The Bertz CT molecular complexity index is 527. The van der Waals surface area contributed by atoms with E-state index in [2.05, 4.69) is 15.0 Å². The van der Waals surface area contributed by atoms with E-state index in [1.54, 1.807) is 7.11 Å². The Balaban J connectivity index is 1.54. The Kier molecular flexibility index (Phi) is 5.27. The van der Waals surface area contributed by atoms with E-state index in [1.165, 1.54) is 25.7 Å². The number of methoxy groups -OCH3 is 1. The van der Waals surface area contributed by atoms with Gasteiger partial charge in [-0.1, -0.05) is 18.0 Å². The molecule has 2 heterocycles. The first-order valence-electron chi connectivity index (χ1n) is 8.50. The predicted octanol–water partition coefficient (Wildman–Crippen LogP) is 1.61. The first kappa shape index (κ1) is 16.4. The molecule has 0 aromatic carbocycles. The van der Waals surface area contributed by atoms with Crippen molar-refractivity contribution in [1.82, 2.24) is 19.9 Å². The topological polar surface area (TPSA) is 71.7 Å². The molecule has 0 spiro atoms. The summed E-state index contributed by atoms with van der Waals surface area (Å²) in [6, 6.07) is -0.0503. The number of rotatable bonds is 6. The molecule has 3 rings (SSSR count). The number of carbonyl (C=O) groups is 1. The van der Waals surface area contributed by atoms with Crippen LogP contribution in [0.15, 0.2) is 4.52 Å². The number of hydrogen-bond acceptors (Lipinski definition) is 6. The quantitative estimate of drug-likeness (QED) is 0.792. The summed E-state index contributed by atoms with van der Waals surface area (Å²) in [6.07, 6.45) is 5.18. The molecule has 7 heteroatoms. The first-order valence-corrected chi connectivity index (χ1v) is 8.50. The third kappa shape index (κ3) is 3.90. The summed E-state index contributed by atoms with van der Waals surface area (Å²) in [5.41, 5.74) is 0. The van der Waals surface area contributed by atoms with Crippen LogP contribution >= 0.6 is 0 Å². The van der Waals surface area contributed by atoms with Crippen LogP contribution in [0.1, 0.15) is 50.4 Å². The highest BCUT2D eigenvalue weighted by Gasteiger charge is 2.31. The molecule has 1 saturated carbocycles. The van der Waals surface area contributed by atoms with Crippen LogP contribution in [0.2, 0.25) is 0 Å². The van der Waals surface area contributed by atoms with Crippen LogP contribution in [-0.4, -0.2) is 59.1 Å². The van der Waals surface area contributed by atoms with Gasteiger partial charge in [0.1, 0.15) is 6.61 Å². The summed E-state index contributed by atoms with van der Waals surface area (Å²) in [5, 5.41) is 3.89. The van der Waals surface area contributed by atoms with Gasteiger partial charge in [0.05, 0.1) is 12.6 Å². The van der Waals surface area contributed by atoms with Crippen molar-refractivity contribution < 1.29 is 14.1 Å². The van der Waals surface area contributed by atoms with Crippen molar-refractivity contribution >= 4 is 5.91 Å². The van der Waals surface area contributed by atoms with Gasteiger partial charge in [-0.15, -0.1) is 0 Å². The van der Waals surface area contributed by atoms with Crippen LogP contribution in [-0.2, 0) is 16.1 Å². The molecule has 0 N–H and O–H groups in total. The highest BCUT2D eigenvalue weighted by Crippen LogP contribution is 2.27. The number of nitrogens with zero attached hydrogens (tertiary/aromatic N) is 4. The van der Waals surface area contributed by atoms with Crippen molar-refractivity contribution in [2.24, 2.45) is 5.92 Å². The van der Waals surface area contributed by atoms with Gasteiger partial charge < -0.3 is 14.2 Å². The molecule has 1 aliphatic carbocycles. The Morgan fingerprint density at radius 2 is 2.13 bits per heavy atom. The molecule has 7 nitrogen and oxygen atoms in total. The number of amides is 1. The van der Waals surface area contributed by atoms with Crippen LogP contribution in [0.3, 0.4) is 0 Å². The van der Waals surface area contributed by atoms with Gasteiger partial charge >= 0.3 is 0 Å². The Hall–Kier alpha value is -1.47. The molecule has 1 atom stereocenters. The first-order chi connectivity index (χ1) is 11.2. The summed E-state index contributed by atoms with van der Waals surface area (Å²) >= 11 is 0. The molecular formula is C16H26N4O3. The third-order valence-electron chi connectivity index (χ3n) is 4.96. The molecular weight excluding hydrogens is 296 g/mol. The molecule has 2 aliphatic rings. The normalized spacial score (nSPS) is 22.0. The second-order valence-electron chi connectivity index (χ2n) is 6.62. The predicted molar refractivity (Wildman–Crippen MR) is 83.5 cm³/mol. The largest absolute Gasteiger partial charge is 0.377 e. The van der Waals surface area contributed by atoms with E-state index < -0.39 is 0 Å². The van der Waals surface area contributed by atoms with Crippen LogP contribution in [0, 0.1) is 5.92 Å². The summed E-state index contributed by atoms with van der Waals surface area (Å²) in [7, 11) is 1.60. The highest BCUT2D eigenvalue weighted by atomic mass is 16.5. The fourth-order valence-corrected chi connectivity index (χ4v) is 3.54. The minimum absolute atomic E-state index is 0.0503. The monoisotopic (exact) mass is 322 g/mol. The molecule has 128 valence electrons. The fraction of sp³-hybridized carbons (Fsp3) is 0.812. The van der Waals surface area contributed by atoms with E-state index in [9.17, 15) is 4.79 Å². The smallest absolute Gasteiger partial charge is 0.243 e. The standard InChI is InChI=1S/C16H26N4O3/c1-12(16-17-14(11-22-2)18-23-16)19-7-8-20(15(21)10-19)9-13-5-3-4-6-13/h12-13H,3-11H2,1-2H3. The average molecular weight is 322 g/mol. The zero-order valence-electron chi connectivity index (χ0n) is 14.0. The van der Waals surface area contributed by atoms with E-state index >= 15 is 0 Å². The van der Waals surface area contributed by atoms with E-state index in [0.29, 0.717) is 30.8 Å². The molecule has 1 saturated heterocycles. The van der Waals surface area contributed by atoms with E-state index in [4.69, 9.17) is 9.26 Å². The molecule has 0 radical (unpaired) electrons. The van der Waals surface area contributed by atoms with Crippen LogP contribution in [0.4, 0.5) is 0 Å². The van der Waals surface area contributed by atoms with Gasteiger partial charge in [-0.25, -0.2) is 0 Å². The summed E-state index contributed by atoms with van der Waals surface area (Å²) in [5.74, 6) is 2.01. The molecule has 1 aliphatic heterocycles. The lowest BCUT2D eigenvalue weighted by atomic mass is 10.1. The van der Waals surface area contributed by atoms with E-state index in [-0.39, 0.29) is 11.9 Å². The Morgan fingerprint density at radius 3 is 2.83 bits per heavy atom. The molecule has 1 amide bonds. The average Bonchev–Trinajstić information content (AvgIpc) is 3.21. The maximum absolute atomic E-state index is 12.4. The van der Waals surface area contributed by atoms with Crippen molar-refractivity contribution in [3.63, 3.8) is 0 Å². The van der Waals surface area contributed by atoms with Crippen LogP contribution in [0.25, 0.3) is 0 Å². The third-order valence-corrected chi connectivity index (χ3v) is 4.96. The number of hydrogen-bond donors (Lipinski definition) is 0. The molecule has 1 unspecified atom stereocenters. The Morgan fingerprint density at radius 1 is 1.35 bits per heavy atom. The lowest BCUT2D eigenvalue weighted by molar-refractivity contribution is -0.137. The molecule has 23 heavy (non-hydrogen) atoms. The number of carbonyl (C=O) groups excluding carboxylic acids is 1. The van der Waals surface area contributed by atoms with Gasteiger partial charge in [0.25, 0.3) is 0 Å². The minimum Gasteiger partial charge on any atom is -0.377 e. The number of ether oxygens (including phenoxy) is 1. The summed E-state index contributed by atoms with van der Waals surface area (Å²) in [4.78, 5) is 20.9. The molecule has 1 aromatic heterocycles. The van der Waals surface area contributed by atoms with Gasteiger partial charge in [-0.05, 0) is 25.7 Å². The van der Waals surface area contributed by atoms with Crippen molar-refractivity contribution in [3.05, 3.63) is 11.7 Å². The minimum atomic E-state index is -0.0503. The fourth-order valence-electron chi connectivity index (χ4n) is 3.54. The van der Waals surface area contributed by atoms with Crippen molar-refractivity contribution in [2.75, 3.05) is 33.3 Å². The lowest BCUT2D eigenvalue weighted by Gasteiger charge is -2.37. The summed E-state index contributed by atoms with van der Waals surface area (Å²) in [6.45, 7) is 5.34. The second-order valence-corrected chi connectivity index (χ2v) is 6.62. The highest BCUT2D eigenvalue weighted by molar-refractivity contribution is 5.79. The van der Waals surface area contributed by atoms with E-state index in [1.807, 2.05) is 11.8 Å². The molecule has 1 aromatic rings. The van der Waals surface area contributed by atoms with Crippen LogP contribution in [0.5, 0.6) is 0 Å². The second kappa shape index (κ2) is 7.40. The zero-order valence-corrected chi connectivity index (χ0v) is 14.0. The number of aromatic nitrogens is 2. The lowest BCUT2D eigenvalue weighted by Crippen LogP contribution is -2.51. The SMILES string of the molecule is COCc1noc(C(C)N2CCN(CC3CCCC3)C(=O)C2)n1. The van der Waals surface area contributed by atoms with Gasteiger partial charge in [-0.3, -0.25) is 9.69 Å². The van der Waals surface area contributed by atoms with Crippen molar-refractivity contribution in [3.8, 4) is 0 Å². The molecule has 2 fully saturated rings. The number of piperazine rings is 1. The zero-order chi connectivity index (χ0) is 16.2. The molecule has 0 bridgehead atoms. The van der Waals surface area contributed by atoms with Gasteiger partial charge in [0, 0.05) is 26.7 Å². The summed E-state index contributed by atoms with van der Waals surface area (Å²) < 4.78 is 10.3. The maximum atomic E-state index is 12.4. The van der Waals surface area contributed by atoms with Crippen molar-refractivity contribution in [1.29, 1.82) is 0 Å².